The van der Waals surface area contributed by atoms with Crippen molar-refractivity contribution in [1.29, 1.82) is 0 Å². The molecule has 26 heavy (non-hydrogen) atoms. The second-order valence-electron chi connectivity index (χ2n) is 9.50. The third-order valence-corrected chi connectivity index (χ3v) is 21.7. The first-order valence-electron chi connectivity index (χ1n) is 9.20. The van der Waals surface area contributed by atoms with Crippen LogP contribution in [0.25, 0.3) is 0 Å². The highest BCUT2D eigenvalue weighted by Gasteiger charge is 2.47. The van der Waals surface area contributed by atoms with Crippen molar-refractivity contribution in [2.75, 3.05) is 0 Å². The van der Waals surface area contributed by atoms with Gasteiger partial charge in [0.2, 0.25) is 0 Å². The van der Waals surface area contributed by atoms with Gasteiger partial charge in [0.1, 0.15) is 0 Å². The lowest BCUT2D eigenvalue weighted by Gasteiger charge is -2.54. The molecule has 0 spiro atoms. The minimum absolute atomic E-state index is 0.796. The molecule has 6 nitrogen and oxygen atoms in total. The summed E-state index contributed by atoms with van der Waals surface area (Å²) in [6.45, 7) is 25.4. The Labute approximate surface area is 166 Å². The van der Waals surface area contributed by atoms with Crippen molar-refractivity contribution in [1.82, 2.24) is 0 Å². The third-order valence-electron chi connectivity index (χ3n) is 3.44. The molecule has 158 valence electrons. The van der Waals surface area contributed by atoms with Gasteiger partial charge in [-0.05, 0) is 71.5 Å². The minimum atomic E-state index is -3.31. The van der Waals surface area contributed by atoms with Crippen LogP contribution in [-0.4, -0.2) is 54.1 Å². The molecule has 0 aliphatic carbocycles. The van der Waals surface area contributed by atoms with Crippen LogP contribution in [0.15, 0.2) is 0 Å². The highest BCUT2D eigenvalue weighted by Crippen LogP contribution is 2.29. The molecule has 0 radical (unpaired) electrons. The summed E-state index contributed by atoms with van der Waals surface area (Å²) < 4.78 is 25.3. The predicted octanol–water partition coefficient (Wildman–Crippen LogP) is 2.42. The van der Waals surface area contributed by atoms with Gasteiger partial charge in [-0.15, -0.1) is 5.73 Å². The molecule has 0 amide bonds. The Morgan fingerprint density at radius 3 is 1.46 bits per heavy atom. The molecule has 4 unspecified atom stereocenters. The van der Waals surface area contributed by atoms with Crippen LogP contribution in [0.3, 0.4) is 0 Å². The number of hydrogen-bond donors (Lipinski definition) is 0. The fourth-order valence-electron chi connectivity index (χ4n) is 2.92. The van der Waals surface area contributed by atoms with Gasteiger partial charge >= 0.3 is 17.1 Å². The topological polar surface area (TPSA) is 83.0 Å². The van der Waals surface area contributed by atoms with Crippen molar-refractivity contribution in [3.63, 3.8) is 0 Å². The van der Waals surface area contributed by atoms with E-state index >= 15 is 0 Å². The molecule has 11 heteroatoms. The first kappa shape index (κ1) is 26.8. The van der Waals surface area contributed by atoms with E-state index in [-0.39, 0.29) is 0 Å². The molecule has 0 aliphatic heterocycles. The lowest BCUT2D eigenvalue weighted by Crippen LogP contribution is -2.71. The molecule has 0 bridgehead atoms. The number of hydrogen-bond acceptors (Lipinski definition) is 6. The smallest absolute Gasteiger partial charge is 0.315 e. The van der Waals surface area contributed by atoms with E-state index in [1.165, 1.54) is 0 Å². The number of rotatable bonds is 11. The Bertz CT molecular complexity index is 451. The molecule has 4 atom stereocenters. The van der Waals surface area contributed by atoms with E-state index in [1.807, 2.05) is 39.3 Å². The molecular formula is C15H39O6Si5-3. The van der Waals surface area contributed by atoms with E-state index in [2.05, 4.69) is 33.5 Å². The Hall–Kier alpha value is 0.844. The van der Waals surface area contributed by atoms with Crippen molar-refractivity contribution in [2.24, 2.45) is 0 Å². The second kappa shape index (κ2) is 9.11. The lowest BCUT2D eigenvalue weighted by molar-refractivity contribution is -0.503. The van der Waals surface area contributed by atoms with E-state index in [4.69, 9.17) is 16.5 Å². The summed E-state index contributed by atoms with van der Waals surface area (Å²) >= 11 is 0. The van der Waals surface area contributed by atoms with E-state index in [0.29, 0.717) is 0 Å². The first-order valence-corrected chi connectivity index (χ1v) is 23.7. The predicted molar refractivity (Wildman–Crippen MR) is 115 cm³/mol. The molecule has 0 fully saturated rings. The van der Waals surface area contributed by atoms with Crippen LogP contribution >= 0.6 is 0 Å². The summed E-state index contributed by atoms with van der Waals surface area (Å²) in [5.74, 6) is 0. The van der Waals surface area contributed by atoms with Crippen LogP contribution < -0.4 is 10.2 Å². The molecule has 0 saturated heterocycles. The van der Waals surface area contributed by atoms with Crippen molar-refractivity contribution in [3.05, 3.63) is 6.92 Å². The monoisotopic (exact) mass is 455 g/mol. The molecule has 0 aliphatic rings. The zero-order chi connectivity index (χ0) is 21.2. The normalized spacial score (nSPS) is 21.0. The van der Waals surface area contributed by atoms with Gasteiger partial charge in [-0.1, -0.05) is 6.92 Å². The molecule has 0 aromatic rings. The zero-order valence-electron chi connectivity index (χ0n) is 18.5. The highest BCUT2D eigenvalue weighted by atomic mass is 28.5. The minimum Gasteiger partial charge on any atom is -0.877 e. The van der Waals surface area contributed by atoms with Gasteiger partial charge in [0, 0.05) is 0 Å². The van der Waals surface area contributed by atoms with Crippen molar-refractivity contribution >= 4 is 42.3 Å². The van der Waals surface area contributed by atoms with Crippen LogP contribution in [0.5, 0.6) is 0 Å². The maximum absolute atomic E-state index is 12.7. The van der Waals surface area contributed by atoms with Gasteiger partial charge in [-0.2, -0.15) is 0 Å². The fraction of sp³-hybridized carbons (Fsp3) is 0.933. The molecule has 0 aromatic heterocycles. The average Bonchev–Trinajstić information content (AvgIpc) is 2.31. The SMILES string of the molecule is [CH2-]C([O-])C([O-])[Si](C)(O[Si](C)(C)C)O[Si](C)(C)O[Si](C)(CC)O[Si](C)(C)C. The Kier molecular flexibility index (Phi) is 9.41. The summed E-state index contributed by atoms with van der Waals surface area (Å²) in [5.41, 5.74) is -1.50. The van der Waals surface area contributed by atoms with Crippen molar-refractivity contribution in [3.8, 4) is 0 Å². The van der Waals surface area contributed by atoms with Crippen LogP contribution in [0.4, 0.5) is 0 Å². The summed E-state index contributed by atoms with van der Waals surface area (Å²) in [7, 11) is -12.4. The van der Waals surface area contributed by atoms with E-state index in [9.17, 15) is 10.2 Å². The van der Waals surface area contributed by atoms with Crippen LogP contribution in [-0.2, 0) is 16.5 Å². The lowest BCUT2D eigenvalue weighted by atomic mass is 10.4. The summed E-state index contributed by atoms with van der Waals surface area (Å²) in [4.78, 5) is 0. The van der Waals surface area contributed by atoms with Gasteiger partial charge in [-0.25, -0.2) is 0 Å². The first-order chi connectivity index (χ1) is 11.2. The van der Waals surface area contributed by atoms with Gasteiger partial charge in [0.25, 0.3) is 8.56 Å². The van der Waals surface area contributed by atoms with Gasteiger partial charge in [0.05, 0.1) is 0 Å². The van der Waals surface area contributed by atoms with Crippen LogP contribution in [0.2, 0.25) is 71.5 Å². The molecule has 0 rings (SSSR count). The second-order valence-corrected chi connectivity index (χ2v) is 29.6. The largest absolute Gasteiger partial charge is 0.877 e. The maximum atomic E-state index is 12.7. The molecular weight excluding hydrogens is 417 g/mol. The van der Waals surface area contributed by atoms with Gasteiger partial charge in [0.15, 0.2) is 16.6 Å². The maximum Gasteiger partial charge on any atom is 0.315 e. The summed E-state index contributed by atoms with van der Waals surface area (Å²) in [6, 6.07) is 0.796. The van der Waals surface area contributed by atoms with Crippen LogP contribution in [0, 0.1) is 6.92 Å². The Morgan fingerprint density at radius 2 is 1.15 bits per heavy atom. The van der Waals surface area contributed by atoms with Crippen LogP contribution in [0.1, 0.15) is 6.92 Å². The quantitative estimate of drug-likeness (QED) is 0.351. The van der Waals surface area contributed by atoms with Gasteiger partial charge < -0.3 is 33.6 Å². The molecule has 0 aromatic carbocycles. The van der Waals surface area contributed by atoms with Crippen molar-refractivity contribution < 1.29 is 26.7 Å². The van der Waals surface area contributed by atoms with Gasteiger partial charge in [-0.3, -0.25) is 6.10 Å². The standard InChI is InChI=1S/C15H39O6Si5/c1-13-25(11,18-22(3,4)5)20-24(9,10)21-26(12,15(17)14(2)16)19-23(6,7)8/h14-15H,2,13H2,1,3-12H3/q-3. The summed E-state index contributed by atoms with van der Waals surface area (Å²) in [6.07, 6.45) is -1.53. The molecule has 0 heterocycles. The Morgan fingerprint density at radius 1 is 0.731 bits per heavy atom. The van der Waals surface area contributed by atoms with E-state index < -0.39 is 54.1 Å². The van der Waals surface area contributed by atoms with E-state index in [0.717, 1.165) is 6.04 Å². The Balaban J connectivity index is 5.58. The summed E-state index contributed by atoms with van der Waals surface area (Å²) in [5, 5.41) is 24.5. The van der Waals surface area contributed by atoms with Crippen molar-refractivity contribution in [2.45, 2.75) is 90.3 Å². The molecule has 0 N–H and O–H groups in total. The average molecular weight is 456 g/mol. The van der Waals surface area contributed by atoms with E-state index in [1.54, 1.807) is 6.55 Å². The fourth-order valence-corrected chi connectivity index (χ4v) is 25.4. The molecule has 0 saturated carbocycles. The zero-order valence-corrected chi connectivity index (χ0v) is 23.5. The highest BCUT2D eigenvalue weighted by molar-refractivity contribution is 6.91. The third kappa shape index (κ3) is 9.86.